The van der Waals surface area contributed by atoms with Gasteiger partial charge in [0, 0.05) is 0 Å². The summed E-state index contributed by atoms with van der Waals surface area (Å²) in [5, 5.41) is 9.88. The first kappa shape index (κ1) is 21.7. The molecule has 4 nitrogen and oxygen atoms in total. The number of aliphatic hydroxyl groups is 1. The van der Waals surface area contributed by atoms with Crippen molar-refractivity contribution in [3.8, 4) is 0 Å². The molecule has 0 aliphatic heterocycles. The van der Waals surface area contributed by atoms with Crippen LogP contribution in [0.1, 0.15) is 54.4 Å². The van der Waals surface area contributed by atoms with Gasteiger partial charge in [-0.2, -0.15) is 0 Å². The van der Waals surface area contributed by atoms with Crippen LogP contribution in [0.5, 0.6) is 0 Å². The van der Waals surface area contributed by atoms with E-state index in [1.807, 2.05) is 0 Å². The Hall–Kier alpha value is -1.29. The SMILES string of the molecule is C=C(C)C(=C)OCC(O)COC(=O)C(CC(C)C)C(C)(C)CC. The van der Waals surface area contributed by atoms with E-state index in [-0.39, 0.29) is 30.5 Å². The molecule has 2 unspecified atom stereocenters. The Balaban J connectivity index is 4.52. The van der Waals surface area contributed by atoms with Gasteiger partial charge in [0.15, 0.2) is 0 Å². The highest BCUT2D eigenvalue weighted by atomic mass is 16.5. The van der Waals surface area contributed by atoms with E-state index < -0.39 is 6.10 Å². The van der Waals surface area contributed by atoms with Gasteiger partial charge in [0.1, 0.15) is 25.1 Å². The summed E-state index contributed by atoms with van der Waals surface area (Å²) in [6, 6.07) is 0. The molecule has 0 radical (unpaired) electrons. The number of carbonyl (C=O) groups is 1. The summed E-state index contributed by atoms with van der Waals surface area (Å²) in [4.78, 5) is 12.4. The number of hydrogen-bond acceptors (Lipinski definition) is 4. The molecule has 4 heteroatoms. The highest BCUT2D eigenvalue weighted by Gasteiger charge is 2.35. The van der Waals surface area contributed by atoms with E-state index in [1.54, 1.807) is 6.92 Å². The number of aliphatic hydroxyl groups excluding tert-OH is 1. The fourth-order valence-corrected chi connectivity index (χ4v) is 2.10. The van der Waals surface area contributed by atoms with Crippen LogP contribution in [-0.4, -0.2) is 30.4 Å². The monoisotopic (exact) mass is 326 g/mol. The molecule has 0 heterocycles. The van der Waals surface area contributed by atoms with Crippen LogP contribution in [0.25, 0.3) is 0 Å². The lowest BCUT2D eigenvalue weighted by Crippen LogP contribution is -2.35. The summed E-state index contributed by atoms with van der Waals surface area (Å²) in [6.45, 7) is 19.6. The zero-order chi connectivity index (χ0) is 18.2. The number of ether oxygens (including phenoxy) is 2. The van der Waals surface area contributed by atoms with Crippen LogP contribution in [-0.2, 0) is 14.3 Å². The van der Waals surface area contributed by atoms with Crippen LogP contribution in [0, 0.1) is 17.3 Å². The van der Waals surface area contributed by atoms with Crippen molar-refractivity contribution in [2.45, 2.75) is 60.5 Å². The average Bonchev–Trinajstić information content (AvgIpc) is 2.47. The topological polar surface area (TPSA) is 55.8 Å². The van der Waals surface area contributed by atoms with Gasteiger partial charge in [-0.25, -0.2) is 0 Å². The lowest BCUT2D eigenvalue weighted by molar-refractivity contribution is -0.157. The van der Waals surface area contributed by atoms with Gasteiger partial charge < -0.3 is 14.6 Å². The number of carbonyl (C=O) groups excluding carboxylic acids is 1. The fraction of sp³-hybridized carbons (Fsp3) is 0.737. The molecule has 2 atom stereocenters. The number of hydrogen-bond donors (Lipinski definition) is 1. The molecule has 0 rings (SSSR count). The van der Waals surface area contributed by atoms with Crippen LogP contribution in [0.3, 0.4) is 0 Å². The minimum Gasteiger partial charge on any atom is -0.491 e. The van der Waals surface area contributed by atoms with Crippen molar-refractivity contribution >= 4 is 5.97 Å². The van der Waals surface area contributed by atoms with Gasteiger partial charge in [0.05, 0.1) is 5.92 Å². The summed E-state index contributed by atoms with van der Waals surface area (Å²) in [5.74, 6) is 0.417. The first-order valence-electron chi connectivity index (χ1n) is 8.33. The molecule has 134 valence electrons. The van der Waals surface area contributed by atoms with Crippen LogP contribution < -0.4 is 0 Å². The number of rotatable bonds is 11. The summed E-state index contributed by atoms with van der Waals surface area (Å²) < 4.78 is 10.6. The van der Waals surface area contributed by atoms with E-state index in [4.69, 9.17) is 9.47 Å². The standard InChI is InChI=1S/C19H34O4/c1-9-19(7,8)17(10-13(2)3)18(21)23-12-16(20)11-22-15(6)14(4)5/h13,16-17,20H,4,6,9-12H2,1-3,5,7-8H3. The van der Waals surface area contributed by atoms with E-state index in [1.165, 1.54) is 0 Å². The highest BCUT2D eigenvalue weighted by molar-refractivity contribution is 5.73. The summed E-state index contributed by atoms with van der Waals surface area (Å²) in [6.07, 6.45) is 0.793. The lowest BCUT2D eigenvalue weighted by Gasteiger charge is -2.33. The van der Waals surface area contributed by atoms with Gasteiger partial charge in [-0.1, -0.05) is 54.2 Å². The normalized spacial score (nSPS) is 14.3. The van der Waals surface area contributed by atoms with Crippen molar-refractivity contribution in [1.29, 1.82) is 0 Å². The Morgan fingerprint density at radius 1 is 1.17 bits per heavy atom. The molecule has 0 aliphatic rings. The Bertz CT molecular complexity index is 410. The van der Waals surface area contributed by atoms with E-state index in [0.717, 1.165) is 12.8 Å². The van der Waals surface area contributed by atoms with E-state index >= 15 is 0 Å². The van der Waals surface area contributed by atoms with Crippen LogP contribution >= 0.6 is 0 Å². The van der Waals surface area contributed by atoms with E-state index in [2.05, 4.69) is 47.8 Å². The summed E-state index contributed by atoms with van der Waals surface area (Å²) >= 11 is 0. The third-order valence-electron chi connectivity index (χ3n) is 4.19. The number of allylic oxidation sites excluding steroid dienone is 1. The average molecular weight is 326 g/mol. The summed E-state index contributed by atoms with van der Waals surface area (Å²) in [5.41, 5.74) is 0.577. The Morgan fingerprint density at radius 2 is 1.70 bits per heavy atom. The molecule has 0 bridgehead atoms. The van der Waals surface area contributed by atoms with Crippen molar-refractivity contribution in [2.24, 2.45) is 17.3 Å². The maximum absolute atomic E-state index is 12.4. The van der Waals surface area contributed by atoms with Crippen molar-refractivity contribution in [3.05, 3.63) is 24.5 Å². The third kappa shape index (κ3) is 8.21. The van der Waals surface area contributed by atoms with E-state index in [9.17, 15) is 9.90 Å². The van der Waals surface area contributed by atoms with Gasteiger partial charge in [-0.15, -0.1) is 0 Å². The second-order valence-electron chi connectivity index (χ2n) is 7.32. The van der Waals surface area contributed by atoms with E-state index in [0.29, 0.717) is 17.3 Å². The molecule has 0 aliphatic carbocycles. The largest absolute Gasteiger partial charge is 0.491 e. The molecule has 0 amide bonds. The lowest BCUT2D eigenvalue weighted by atomic mass is 9.73. The second kappa shape index (κ2) is 9.76. The van der Waals surface area contributed by atoms with Crippen molar-refractivity contribution < 1.29 is 19.4 Å². The highest BCUT2D eigenvalue weighted by Crippen LogP contribution is 2.35. The van der Waals surface area contributed by atoms with Crippen molar-refractivity contribution in [3.63, 3.8) is 0 Å². The molecular formula is C19H34O4. The quantitative estimate of drug-likeness (QED) is 0.353. The molecule has 0 fully saturated rings. The zero-order valence-electron chi connectivity index (χ0n) is 15.6. The fourth-order valence-electron chi connectivity index (χ4n) is 2.10. The van der Waals surface area contributed by atoms with Gasteiger partial charge in [0.25, 0.3) is 0 Å². The Labute approximate surface area is 141 Å². The molecular weight excluding hydrogens is 292 g/mol. The second-order valence-corrected chi connectivity index (χ2v) is 7.32. The number of esters is 1. The van der Waals surface area contributed by atoms with Gasteiger partial charge in [0.2, 0.25) is 0 Å². The molecule has 23 heavy (non-hydrogen) atoms. The first-order valence-corrected chi connectivity index (χ1v) is 8.33. The van der Waals surface area contributed by atoms with Gasteiger partial charge >= 0.3 is 5.97 Å². The maximum Gasteiger partial charge on any atom is 0.309 e. The molecule has 0 aromatic carbocycles. The minimum absolute atomic E-state index is 0.0327. The molecule has 1 N–H and O–H groups in total. The van der Waals surface area contributed by atoms with Crippen molar-refractivity contribution in [1.82, 2.24) is 0 Å². The van der Waals surface area contributed by atoms with Gasteiger partial charge in [-0.05, 0) is 30.3 Å². The molecule has 0 saturated carbocycles. The smallest absolute Gasteiger partial charge is 0.309 e. The molecule has 0 aromatic rings. The zero-order valence-corrected chi connectivity index (χ0v) is 15.6. The predicted molar refractivity (Wildman–Crippen MR) is 93.9 cm³/mol. The van der Waals surface area contributed by atoms with Crippen LogP contribution in [0.2, 0.25) is 0 Å². The molecule has 0 spiro atoms. The summed E-state index contributed by atoms with van der Waals surface area (Å²) in [7, 11) is 0. The molecule has 0 aromatic heterocycles. The van der Waals surface area contributed by atoms with Gasteiger partial charge in [-0.3, -0.25) is 4.79 Å². The Morgan fingerprint density at radius 3 is 2.13 bits per heavy atom. The Kier molecular flexibility index (Phi) is 9.21. The van der Waals surface area contributed by atoms with Crippen LogP contribution in [0.15, 0.2) is 24.5 Å². The maximum atomic E-state index is 12.4. The molecule has 0 saturated heterocycles. The minimum atomic E-state index is -0.875. The first-order chi connectivity index (χ1) is 10.5. The van der Waals surface area contributed by atoms with Crippen molar-refractivity contribution in [2.75, 3.05) is 13.2 Å². The third-order valence-corrected chi connectivity index (χ3v) is 4.19. The van der Waals surface area contributed by atoms with Crippen LogP contribution in [0.4, 0.5) is 0 Å². The predicted octanol–water partition coefficient (Wildman–Crippen LogP) is 4.10.